The lowest BCUT2D eigenvalue weighted by Gasteiger charge is -2.09. The fourth-order valence-corrected chi connectivity index (χ4v) is 3.75. The molecule has 0 aliphatic rings. The first-order valence-corrected chi connectivity index (χ1v) is 10.3. The summed E-state index contributed by atoms with van der Waals surface area (Å²) in [5.74, 6) is -0.108. The minimum Gasteiger partial charge on any atom is -0.326 e. The molecular formula is C25H24ClN3O. The first-order chi connectivity index (χ1) is 14.3. The van der Waals surface area contributed by atoms with E-state index < -0.39 is 0 Å². The van der Waals surface area contributed by atoms with Gasteiger partial charge >= 0.3 is 0 Å². The number of halogens is 1. The van der Waals surface area contributed by atoms with E-state index in [4.69, 9.17) is 16.6 Å². The van der Waals surface area contributed by atoms with E-state index in [1.54, 1.807) is 6.07 Å². The van der Waals surface area contributed by atoms with Crippen LogP contribution in [0.4, 0.5) is 5.69 Å². The average molecular weight is 418 g/mol. The maximum atomic E-state index is 12.9. The Labute approximate surface area is 181 Å². The van der Waals surface area contributed by atoms with Crippen molar-refractivity contribution in [1.82, 2.24) is 9.38 Å². The van der Waals surface area contributed by atoms with Crippen molar-refractivity contribution in [2.45, 2.75) is 34.1 Å². The Morgan fingerprint density at radius 3 is 2.47 bits per heavy atom. The number of benzene rings is 2. The summed E-state index contributed by atoms with van der Waals surface area (Å²) in [6.45, 7) is 8.15. The highest BCUT2D eigenvalue weighted by Crippen LogP contribution is 2.28. The van der Waals surface area contributed by atoms with Crippen LogP contribution in [0.15, 0.2) is 54.7 Å². The number of hydrogen-bond donors (Lipinski definition) is 1. The van der Waals surface area contributed by atoms with Gasteiger partial charge in [0, 0.05) is 22.5 Å². The number of anilines is 1. The van der Waals surface area contributed by atoms with Gasteiger partial charge < -0.3 is 9.72 Å². The monoisotopic (exact) mass is 417 g/mol. The molecule has 4 nitrogen and oxygen atoms in total. The molecule has 0 saturated heterocycles. The van der Waals surface area contributed by atoms with Crippen LogP contribution in [0, 0.1) is 27.7 Å². The molecule has 0 saturated carbocycles. The predicted octanol–water partition coefficient (Wildman–Crippen LogP) is 6.07. The first-order valence-electron chi connectivity index (χ1n) is 9.93. The zero-order chi connectivity index (χ0) is 21.4. The van der Waals surface area contributed by atoms with E-state index in [2.05, 4.69) is 37.4 Å². The molecule has 0 radical (unpaired) electrons. The van der Waals surface area contributed by atoms with Crippen LogP contribution in [-0.4, -0.2) is 15.3 Å². The van der Waals surface area contributed by atoms with Gasteiger partial charge in [-0.25, -0.2) is 4.98 Å². The summed E-state index contributed by atoms with van der Waals surface area (Å²) < 4.78 is 2.02. The number of hydrogen-bond acceptors (Lipinski definition) is 2. The number of aromatic nitrogens is 2. The molecule has 1 N–H and O–H groups in total. The van der Waals surface area contributed by atoms with Crippen LogP contribution < -0.4 is 5.32 Å². The fourth-order valence-electron chi connectivity index (χ4n) is 3.57. The number of carbonyl (C=O) groups is 1. The highest BCUT2D eigenvalue weighted by molar-refractivity contribution is 6.31. The van der Waals surface area contributed by atoms with Crippen molar-refractivity contribution in [3.63, 3.8) is 0 Å². The van der Waals surface area contributed by atoms with Crippen LogP contribution in [0.2, 0.25) is 5.02 Å². The molecule has 4 aromatic rings. The van der Waals surface area contributed by atoms with Crippen molar-refractivity contribution >= 4 is 28.8 Å². The topological polar surface area (TPSA) is 46.4 Å². The summed E-state index contributed by atoms with van der Waals surface area (Å²) in [5, 5.41) is 3.60. The molecule has 2 heterocycles. The SMILES string of the molecule is Cc1ccc(-c2nc3c(C)cccn3c2CC(=O)Nc2ccc(C)c(Cl)c2)cc1C. The smallest absolute Gasteiger partial charge is 0.230 e. The zero-order valence-corrected chi connectivity index (χ0v) is 18.3. The fraction of sp³-hybridized carbons (Fsp3) is 0.200. The number of aryl methyl sites for hydroxylation is 4. The number of rotatable bonds is 4. The Bertz CT molecular complexity index is 1270. The molecule has 0 aliphatic carbocycles. The van der Waals surface area contributed by atoms with Crippen molar-refractivity contribution in [3.05, 3.63) is 87.7 Å². The van der Waals surface area contributed by atoms with Gasteiger partial charge in [-0.1, -0.05) is 35.9 Å². The largest absolute Gasteiger partial charge is 0.326 e. The molecule has 0 unspecified atom stereocenters. The van der Waals surface area contributed by atoms with Crippen LogP contribution in [0.1, 0.15) is 27.9 Å². The molecule has 2 aromatic carbocycles. The minimum atomic E-state index is -0.108. The molecule has 0 spiro atoms. The van der Waals surface area contributed by atoms with E-state index in [0.717, 1.165) is 33.7 Å². The first kappa shape index (κ1) is 20.2. The maximum Gasteiger partial charge on any atom is 0.230 e. The summed E-state index contributed by atoms with van der Waals surface area (Å²) in [5.41, 5.74) is 8.75. The lowest BCUT2D eigenvalue weighted by Crippen LogP contribution is -2.16. The maximum absolute atomic E-state index is 12.9. The number of pyridine rings is 1. The number of nitrogens with zero attached hydrogens (tertiary/aromatic N) is 2. The van der Waals surface area contributed by atoms with Gasteiger partial charge in [-0.05, 0) is 74.2 Å². The van der Waals surface area contributed by atoms with E-state index in [1.165, 1.54) is 11.1 Å². The Hall–Kier alpha value is -3.11. The average Bonchev–Trinajstić information content (AvgIpc) is 3.07. The third kappa shape index (κ3) is 3.83. The molecule has 0 atom stereocenters. The standard InChI is InChI=1S/C25H24ClN3O/c1-15-7-9-19(12-18(15)4)24-22(29-11-5-6-17(3)25(29)28-24)14-23(30)27-20-10-8-16(2)21(26)13-20/h5-13H,14H2,1-4H3,(H,27,30). The van der Waals surface area contributed by atoms with Crippen molar-refractivity contribution in [2.75, 3.05) is 5.32 Å². The number of imidazole rings is 1. The van der Waals surface area contributed by atoms with Crippen molar-refractivity contribution in [2.24, 2.45) is 0 Å². The summed E-state index contributed by atoms with van der Waals surface area (Å²) in [4.78, 5) is 17.8. The highest BCUT2D eigenvalue weighted by Gasteiger charge is 2.18. The minimum absolute atomic E-state index is 0.108. The van der Waals surface area contributed by atoms with Crippen LogP contribution >= 0.6 is 11.6 Å². The molecule has 4 rings (SSSR count). The van der Waals surface area contributed by atoms with Gasteiger partial charge in [0.15, 0.2) is 0 Å². The third-order valence-electron chi connectivity index (χ3n) is 5.51. The number of fused-ring (bicyclic) bond motifs is 1. The second-order valence-electron chi connectivity index (χ2n) is 7.78. The van der Waals surface area contributed by atoms with Crippen molar-refractivity contribution in [3.8, 4) is 11.3 Å². The third-order valence-corrected chi connectivity index (χ3v) is 5.92. The predicted molar refractivity (Wildman–Crippen MR) is 123 cm³/mol. The van der Waals surface area contributed by atoms with E-state index in [1.807, 2.05) is 48.7 Å². The van der Waals surface area contributed by atoms with Gasteiger partial charge in [0.25, 0.3) is 0 Å². The van der Waals surface area contributed by atoms with E-state index in [9.17, 15) is 4.79 Å². The summed E-state index contributed by atoms with van der Waals surface area (Å²) in [7, 11) is 0. The molecule has 0 fully saturated rings. The van der Waals surface area contributed by atoms with Gasteiger partial charge in [0.1, 0.15) is 5.65 Å². The van der Waals surface area contributed by atoms with Gasteiger partial charge in [0.05, 0.1) is 17.8 Å². The van der Waals surface area contributed by atoms with Crippen LogP contribution in [-0.2, 0) is 11.2 Å². The number of nitrogens with one attached hydrogen (secondary N) is 1. The summed E-state index contributed by atoms with van der Waals surface area (Å²) in [6, 6.07) is 15.9. The van der Waals surface area contributed by atoms with E-state index in [-0.39, 0.29) is 12.3 Å². The molecular weight excluding hydrogens is 394 g/mol. The molecule has 30 heavy (non-hydrogen) atoms. The highest BCUT2D eigenvalue weighted by atomic mass is 35.5. The molecule has 0 aliphatic heterocycles. The van der Waals surface area contributed by atoms with E-state index >= 15 is 0 Å². The summed E-state index contributed by atoms with van der Waals surface area (Å²) in [6.07, 6.45) is 2.17. The van der Waals surface area contributed by atoms with Crippen LogP contribution in [0.5, 0.6) is 0 Å². The van der Waals surface area contributed by atoms with Gasteiger partial charge in [-0.2, -0.15) is 0 Å². The van der Waals surface area contributed by atoms with Crippen LogP contribution in [0.25, 0.3) is 16.9 Å². The second kappa shape index (κ2) is 7.96. The summed E-state index contributed by atoms with van der Waals surface area (Å²) >= 11 is 6.20. The van der Waals surface area contributed by atoms with Gasteiger partial charge in [0.2, 0.25) is 5.91 Å². The van der Waals surface area contributed by atoms with Crippen molar-refractivity contribution < 1.29 is 4.79 Å². The van der Waals surface area contributed by atoms with Gasteiger partial charge in [-0.3, -0.25) is 4.79 Å². The molecule has 0 bridgehead atoms. The Morgan fingerprint density at radius 1 is 0.967 bits per heavy atom. The number of carbonyl (C=O) groups excluding carboxylic acids is 1. The molecule has 1 amide bonds. The van der Waals surface area contributed by atoms with Crippen molar-refractivity contribution in [1.29, 1.82) is 0 Å². The number of amides is 1. The molecule has 152 valence electrons. The Morgan fingerprint density at radius 2 is 1.73 bits per heavy atom. The molecule has 5 heteroatoms. The Balaban J connectivity index is 1.74. The Kier molecular flexibility index (Phi) is 5.35. The second-order valence-corrected chi connectivity index (χ2v) is 8.19. The lowest BCUT2D eigenvalue weighted by atomic mass is 10.0. The van der Waals surface area contributed by atoms with E-state index in [0.29, 0.717) is 10.7 Å². The quantitative estimate of drug-likeness (QED) is 0.438. The zero-order valence-electron chi connectivity index (χ0n) is 17.6. The molecule has 2 aromatic heterocycles. The van der Waals surface area contributed by atoms with Crippen LogP contribution in [0.3, 0.4) is 0 Å². The normalized spacial score (nSPS) is 11.1. The lowest BCUT2D eigenvalue weighted by molar-refractivity contribution is -0.115. The van der Waals surface area contributed by atoms with Gasteiger partial charge in [-0.15, -0.1) is 0 Å².